The molecule has 20 heteroatoms. The summed E-state index contributed by atoms with van der Waals surface area (Å²) >= 11 is 0. The molecule has 19 rings (SSSR count). The van der Waals surface area contributed by atoms with E-state index in [2.05, 4.69) is 20.4 Å². The Morgan fingerprint density at radius 2 is 0.633 bits per heavy atom. The van der Waals surface area contributed by atoms with Crippen molar-refractivity contribution in [3.63, 3.8) is 0 Å². The molecule has 0 radical (unpaired) electrons. The van der Waals surface area contributed by atoms with Gasteiger partial charge in [0.25, 0.3) is 23.6 Å². The second-order valence-electron chi connectivity index (χ2n) is 32.8. The smallest absolute Gasteiger partial charge is 0.262 e. The molecule has 0 spiro atoms. The molecule has 13 aromatic rings. The Morgan fingerprint density at radius 1 is 0.358 bits per heavy atom. The molecule has 2 N–H and O–H groups in total. The first-order chi connectivity index (χ1) is 58.6. The van der Waals surface area contributed by atoms with Gasteiger partial charge in [-0.15, -0.1) is 0 Å². The predicted molar refractivity (Wildman–Crippen MR) is 461 cm³/mol. The Morgan fingerprint density at radius 3 is 0.900 bits per heavy atom. The van der Waals surface area contributed by atoms with Crippen molar-refractivity contribution in [2.45, 2.75) is 77.0 Å². The van der Waals surface area contributed by atoms with E-state index in [0.717, 1.165) is 54.3 Å². The number of nitrogens with one attached hydrogen (secondary N) is 2. The fourth-order valence-electron chi connectivity index (χ4n) is 17.2. The van der Waals surface area contributed by atoms with Crippen LogP contribution < -0.4 is 29.6 Å². The third-order valence-electron chi connectivity index (χ3n) is 23.5. The van der Waals surface area contributed by atoms with Gasteiger partial charge in [-0.3, -0.25) is 48.4 Å². The largest absolute Gasteiger partial charge is 0.457 e. The summed E-state index contributed by atoms with van der Waals surface area (Å²) in [6.45, 7) is 14.2. The first-order valence-electron chi connectivity index (χ1n) is 41.5. The maximum atomic E-state index is 16.8. The van der Waals surface area contributed by atoms with Crippen molar-refractivity contribution in [1.29, 1.82) is 0 Å². The van der Waals surface area contributed by atoms with E-state index < -0.39 is 47.5 Å². The molecular weight excluding hydrogens is 1510 g/mol. The highest BCUT2D eigenvalue weighted by Crippen LogP contribution is 2.59. The van der Waals surface area contributed by atoms with Crippen molar-refractivity contribution in [3.8, 4) is 90.5 Å². The van der Waals surface area contributed by atoms with Crippen molar-refractivity contribution in [2.24, 2.45) is 11.8 Å². The van der Waals surface area contributed by atoms with Gasteiger partial charge in [0, 0.05) is 88.9 Å². The van der Waals surface area contributed by atoms with Crippen LogP contribution in [0, 0.1) is 11.8 Å². The lowest BCUT2D eigenvalue weighted by atomic mass is 9.80. The average molecular weight is 1600 g/mol. The maximum Gasteiger partial charge on any atom is 0.262 e. The first kappa shape index (κ1) is 77.3. The minimum atomic E-state index is -1.32. The van der Waals surface area contributed by atoms with Crippen LogP contribution in [0.25, 0.3) is 87.6 Å². The van der Waals surface area contributed by atoms with Crippen LogP contribution in [0.2, 0.25) is 0 Å². The van der Waals surface area contributed by atoms with E-state index in [4.69, 9.17) is 37.9 Å². The molecule has 6 aliphatic rings. The van der Waals surface area contributed by atoms with Crippen molar-refractivity contribution in [1.82, 2.24) is 30.2 Å². The molecule has 20 nitrogen and oxygen atoms in total. The van der Waals surface area contributed by atoms with E-state index in [-0.39, 0.29) is 118 Å². The van der Waals surface area contributed by atoms with Gasteiger partial charge in [-0.25, -0.2) is 0 Å². The number of hydrogen-bond donors (Lipinski definition) is 2. The summed E-state index contributed by atoms with van der Waals surface area (Å²) in [5.74, 6) is -2.66. The summed E-state index contributed by atoms with van der Waals surface area (Å²) in [6, 6.07) is 74.2. The third kappa shape index (κ3) is 15.7. The number of hydrogen-bond acceptors (Lipinski definition) is 16. The van der Waals surface area contributed by atoms with Gasteiger partial charge in [0.1, 0.15) is 58.1 Å². The fraction of sp³-hybridized carbons (Fsp3) is 0.260. The molecule has 6 amide bonds. The quantitative estimate of drug-likeness (QED) is 0.0169. The highest BCUT2D eigenvalue weighted by molar-refractivity contribution is 6.45. The van der Waals surface area contributed by atoms with E-state index in [9.17, 15) is 0 Å². The van der Waals surface area contributed by atoms with Gasteiger partial charge in [-0.05, 0) is 142 Å². The van der Waals surface area contributed by atoms with Crippen LogP contribution in [0.5, 0.6) is 46.0 Å². The van der Waals surface area contributed by atoms with E-state index in [1.54, 1.807) is 24.3 Å². The lowest BCUT2D eigenvalue weighted by Gasteiger charge is -2.37. The zero-order chi connectivity index (χ0) is 81.8. The molecule has 4 unspecified atom stereocenters. The van der Waals surface area contributed by atoms with Crippen molar-refractivity contribution >= 4 is 78.5 Å². The molecule has 0 aromatic heterocycles. The van der Waals surface area contributed by atoms with E-state index in [0.29, 0.717) is 121 Å². The zero-order valence-corrected chi connectivity index (χ0v) is 67.1. The number of ether oxygens (including phenoxy) is 8. The number of imide groups is 2. The van der Waals surface area contributed by atoms with Crippen LogP contribution in [0.3, 0.4) is 0 Å². The molecular formula is C100H90N6O14. The van der Waals surface area contributed by atoms with Gasteiger partial charge < -0.3 is 48.5 Å². The molecule has 13 aromatic carbocycles. The van der Waals surface area contributed by atoms with Gasteiger partial charge in [0.05, 0.1) is 79.6 Å². The number of benzene rings is 13. The molecule has 120 heavy (non-hydrogen) atoms. The molecule has 4 saturated heterocycles. The number of rotatable bonds is 33. The van der Waals surface area contributed by atoms with Gasteiger partial charge in [-0.2, -0.15) is 0 Å². The Bertz CT molecular complexity index is 5480. The molecule has 6 aliphatic heterocycles. The average Bonchev–Trinajstić information content (AvgIpc) is 0.959. The lowest BCUT2D eigenvalue weighted by molar-refractivity contribution is -0.126. The number of epoxide rings is 3. The minimum Gasteiger partial charge on any atom is -0.457 e. The Kier molecular flexibility index (Phi) is 21.2. The SMILES string of the molecule is CC(C)CC(C(=O)NCCN(CC1CO1)C[C@@H]1CO1)N1C(=O)c2cc(Oc3ccc(-c4ccccc4)cc3)c3c4c(Oc5ccc(-c6ccccc6)cc5)cc5c6c(cc(Oc7ccc(-c8ccccc8)cc7)c(c7c(Oc8ccc(-c9ccccc9)cc8)cc(c2c37)C1=O)c64)C(=O)N(C(CC(C)C)C(=O)NCCN(CC1CO1)C1COC1)C5=O. The highest BCUT2D eigenvalue weighted by Gasteiger charge is 2.47. The third-order valence-corrected chi connectivity index (χ3v) is 23.5. The molecule has 0 saturated carbocycles. The van der Waals surface area contributed by atoms with E-state index in [1.807, 2.05) is 246 Å². The van der Waals surface area contributed by atoms with Crippen LogP contribution in [-0.4, -0.2) is 170 Å². The molecule has 0 aliphatic carbocycles. The summed E-state index contributed by atoms with van der Waals surface area (Å²) < 4.78 is 52.5. The topological polar surface area (TPSA) is 223 Å². The van der Waals surface area contributed by atoms with Crippen molar-refractivity contribution < 1.29 is 66.7 Å². The first-order valence-corrected chi connectivity index (χ1v) is 41.5. The molecule has 604 valence electrons. The monoisotopic (exact) mass is 1600 g/mol. The van der Waals surface area contributed by atoms with Gasteiger partial charge >= 0.3 is 0 Å². The van der Waals surface area contributed by atoms with Crippen LogP contribution in [0.4, 0.5) is 0 Å². The maximum absolute atomic E-state index is 16.8. The summed E-state index contributed by atoms with van der Waals surface area (Å²) in [4.78, 5) is 105. The van der Waals surface area contributed by atoms with Crippen molar-refractivity contribution in [2.75, 3.05) is 78.8 Å². The van der Waals surface area contributed by atoms with Gasteiger partial charge in [0.2, 0.25) is 11.8 Å². The van der Waals surface area contributed by atoms with Crippen molar-refractivity contribution in [3.05, 3.63) is 265 Å². The summed E-state index contributed by atoms with van der Waals surface area (Å²) in [6.07, 6.45) is 0.465. The summed E-state index contributed by atoms with van der Waals surface area (Å²) in [7, 11) is 0. The van der Waals surface area contributed by atoms with Crippen LogP contribution in [-0.2, 0) is 28.5 Å². The number of carbonyl (C=O) groups excluding carboxylic acids is 6. The summed E-state index contributed by atoms with van der Waals surface area (Å²) in [5, 5.41) is 8.50. The number of carbonyl (C=O) groups is 6. The highest BCUT2D eigenvalue weighted by atomic mass is 16.6. The van der Waals surface area contributed by atoms with E-state index in [1.165, 1.54) is 0 Å². The minimum absolute atomic E-state index is 0.0324. The second kappa shape index (κ2) is 32.9. The standard InChI is InChI=1S/C100H90N6O14/c1-59(2)45-81(95(107)101-41-43-103(51-74-56-114-74)52-75-57-115-75)105-97(109)77-47-83(117-70-33-25-65(26-34-70)61-17-9-5-10-18-61)89-91-85(119-72-37-29-67(30-38-72)63-21-13-7-14-22-63)49-79-88-80(100(112)106(99(79)111)82(46-60(3)4)96(108)102-42-44-104(53-76-58-116-76)69-54-113-55-69)50-86(120-73-39-31-68(32-40-73)64-23-15-8-16-24-64)92(94(88)91)90-84(48-78(98(105)110)87(77)93(89)90)118-71-35-27-66(28-36-71)62-19-11-6-12-20-62/h5-40,47-50,59-60,69,74-76,81-82H,41-46,51-58H2,1-4H3,(H,101,107)(H,102,108)/t74-,75?,76?,81?,82?/m1/s1. The van der Waals surface area contributed by atoms with Crippen LogP contribution >= 0.6 is 0 Å². The molecule has 6 heterocycles. The number of fused-ring (bicyclic) bond motifs is 2. The fourth-order valence-corrected chi connectivity index (χ4v) is 17.2. The van der Waals surface area contributed by atoms with Gasteiger partial charge in [-0.1, -0.05) is 198 Å². The zero-order valence-electron chi connectivity index (χ0n) is 67.1. The second-order valence-corrected chi connectivity index (χ2v) is 32.8. The Labute approximate surface area is 694 Å². The number of amides is 6. The van der Waals surface area contributed by atoms with E-state index >= 15 is 28.8 Å². The summed E-state index contributed by atoms with van der Waals surface area (Å²) in [5.41, 5.74) is 7.57. The lowest BCUT2D eigenvalue weighted by Crippen LogP contribution is -2.56. The normalized spacial score (nSPS) is 17.2. The molecule has 5 atom stereocenters. The van der Waals surface area contributed by atoms with Crippen LogP contribution in [0.15, 0.2) is 243 Å². The number of nitrogens with zero attached hydrogens (tertiary/aromatic N) is 4. The Balaban J connectivity index is 0.872. The Hall–Kier alpha value is -12.7. The molecule has 4 fully saturated rings. The van der Waals surface area contributed by atoms with Gasteiger partial charge in [0.15, 0.2) is 0 Å². The predicted octanol–water partition coefficient (Wildman–Crippen LogP) is 18.0. The molecule has 0 bridgehead atoms. The van der Waals surface area contributed by atoms with Crippen LogP contribution in [0.1, 0.15) is 82.0 Å².